The van der Waals surface area contributed by atoms with Gasteiger partial charge in [0.15, 0.2) is 11.3 Å². The van der Waals surface area contributed by atoms with E-state index < -0.39 is 15.9 Å². The SMILES string of the molecule is CCc1cc(S(=O)(=O)NC(=O)c2ccc(N3CCC(N4CCN(Cc5ccc(OC)c6oc(C)cc56)CC4c4ccccc4C(C)C)CC3)cc2Oc2cnc3[nH]ccc3c2)cnc1NC[C@H]1CC[C@@H](C)CC1. The van der Waals surface area contributed by atoms with Crippen molar-refractivity contribution in [2.75, 3.05) is 56.6 Å². The Bertz CT molecular complexity index is 3190. The first-order valence-electron chi connectivity index (χ1n) is 26.3. The molecule has 3 fully saturated rings. The highest BCUT2D eigenvalue weighted by atomic mass is 32.2. The summed E-state index contributed by atoms with van der Waals surface area (Å²) in [4.78, 5) is 34.0. The lowest BCUT2D eigenvalue weighted by Gasteiger charge is -2.48. The Morgan fingerprint density at radius 1 is 0.890 bits per heavy atom. The van der Waals surface area contributed by atoms with E-state index in [-0.39, 0.29) is 22.3 Å². The van der Waals surface area contributed by atoms with E-state index in [4.69, 9.17) is 13.9 Å². The Balaban J connectivity index is 0.867. The zero-order valence-corrected chi connectivity index (χ0v) is 43.9. The standard InChI is InChI=1S/C58H70N8O6S/c1-7-41-30-47(34-62-56(41)60-32-40-14-12-38(4)13-15-40)73(68,69)63-58(67)50-18-17-45(31-54(50)72-46-29-42-20-23-59-57(42)61-33-46)65-24-21-44(22-25-65)66-27-26-64(36-52(66)49-11-9-8-10-48(49)37(2)3)35-43-16-19-53(70-6)55-51(43)28-39(5)71-55/h8-11,16-20,23,28-31,33-34,37-38,40,44,52H,7,12-15,21-22,24-27,32,35-36H2,1-6H3,(H,59,61)(H,60,62)(H,63,67)/t38-,40+,52?. The molecule has 10 rings (SSSR count). The van der Waals surface area contributed by atoms with Crippen molar-refractivity contribution in [3.63, 3.8) is 0 Å². The number of piperidine rings is 1. The van der Waals surface area contributed by atoms with Crippen LogP contribution in [0.15, 0.2) is 107 Å². The number of carbonyl (C=O) groups is 1. The van der Waals surface area contributed by atoms with Crippen LogP contribution in [0, 0.1) is 18.8 Å². The van der Waals surface area contributed by atoms with Crippen LogP contribution in [-0.2, 0) is 23.0 Å². The zero-order valence-electron chi connectivity index (χ0n) is 43.1. The predicted molar refractivity (Wildman–Crippen MR) is 288 cm³/mol. The zero-order chi connectivity index (χ0) is 50.8. The first-order chi connectivity index (χ1) is 35.3. The quantitative estimate of drug-likeness (QED) is 0.0843. The Hall–Kier alpha value is -6.42. The molecule has 2 saturated heterocycles. The number of H-pyrrole nitrogens is 1. The molecule has 6 heterocycles. The van der Waals surface area contributed by atoms with Crippen molar-refractivity contribution in [3.8, 4) is 17.2 Å². The highest BCUT2D eigenvalue weighted by molar-refractivity contribution is 7.90. The van der Waals surface area contributed by atoms with Gasteiger partial charge in [-0.25, -0.2) is 23.1 Å². The Morgan fingerprint density at radius 2 is 1.70 bits per heavy atom. The molecule has 1 unspecified atom stereocenters. The fraction of sp³-hybridized carbons (Fsp3) is 0.431. The molecule has 73 heavy (non-hydrogen) atoms. The lowest BCUT2D eigenvalue weighted by molar-refractivity contribution is 0.0272. The molecule has 3 aromatic carbocycles. The van der Waals surface area contributed by atoms with Gasteiger partial charge in [-0.3, -0.25) is 14.6 Å². The monoisotopic (exact) mass is 1010 g/mol. The average molecular weight is 1010 g/mol. The number of nitrogens with one attached hydrogen (secondary N) is 3. The highest BCUT2D eigenvalue weighted by Gasteiger charge is 2.37. The minimum atomic E-state index is -4.31. The van der Waals surface area contributed by atoms with Gasteiger partial charge in [-0.2, -0.15) is 0 Å². The molecule has 2 aliphatic heterocycles. The highest BCUT2D eigenvalue weighted by Crippen LogP contribution is 2.39. The van der Waals surface area contributed by atoms with Gasteiger partial charge in [-0.05, 0) is 121 Å². The van der Waals surface area contributed by atoms with Gasteiger partial charge in [0.25, 0.3) is 15.9 Å². The molecule has 1 aliphatic carbocycles. The van der Waals surface area contributed by atoms with Crippen LogP contribution >= 0.6 is 0 Å². The molecule has 3 N–H and O–H groups in total. The number of benzene rings is 3. The molecule has 15 heteroatoms. The maximum absolute atomic E-state index is 14.2. The summed E-state index contributed by atoms with van der Waals surface area (Å²) in [7, 11) is -2.62. The number of ether oxygens (including phenoxy) is 2. The fourth-order valence-corrected chi connectivity index (χ4v) is 12.4. The third-order valence-corrected chi connectivity index (χ3v) is 16.9. The number of hydrogen-bond donors (Lipinski definition) is 3. The number of sulfonamides is 1. The number of furan rings is 1. The van der Waals surface area contributed by atoms with Crippen molar-refractivity contribution < 1.29 is 27.1 Å². The van der Waals surface area contributed by atoms with Gasteiger partial charge in [-0.15, -0.1) is 0 Å². The smallest absolute Gasteiger partial charge is 0.268 e. The summed E-state index contributed by atoms with van der Waals surface area (Å²) in [5.41, 5.74) is 7.27. The summed E-state index contributed by atoms with van der Waals surface area (Å²) in [6.45, 7) is 16.8. The van der Waals surface area contributed by atoms with Gasteiger partial charge in [-0.1, -0.05) is 70.9 Å². The summed E-state index contributed by atoms with van der Waals surface area (Å²) in [5, 5.41) is 5.43. The second-order valence-corrected chi connectivity index (χ2v) is 22.5. The summed E-state index contributed by atoms with van der Waals surface area (Å²) < 4.78 is 48.5. The number of pyridine rings is 2. The van der Waals surface area contributed by atoms with E-state index in [0.717, 1.165) is 104 Å². The number of amides is 1. The van der Waals surface area contributed by atoms with Crippen molar-refractivity contribution in [1.82, 2.24) is 29.5 Å². The Kier molecular flexibility index (Phi) is 14.8. The van der Waals surface area contributed by atoms with Crippen LogP contribution in [0.3, 0.4) is 0 Å². The van der Waals surface area contributed by atoms with Crippen molar-refractivity contribution in [2.45, 2.75) is 109 Å². The third-order valence-electron chi connectivity index (χ3n) is 15.6. The van der Waals surface area contributed by atoms with E-state index in [1.807, 2.05) is 44.2 Å². The first-order valence-corrected chi connectivity index (χ1v) is 27.7. The number of aryl methyl sites for hydroxylation is 2. The summed E-state index contributed by atoms with van der Waals surface area (Å²) in [6, 6.07) is 26.6. The number of anilines is 2. The number of rotatable bonds is 16. The first kappa shape index (κ1) is 50.1. The minimum absolute atomic E-state index is 0.0711. The fourth-order valence-electron chi connectivity index (χ4n) is 11.5. The van der Waals surface area contributed by atoms with Crippen LogP contribution in [0.25, 0.3) is 22.0 Å². The van der Waals surface area contributed by atoms with E-state index >= 15 is 0 Å². The predicted octanol–water partition coefficient (Wildman–Crippen LogP) is 11.4. The van der Waals surface area contributed by atoms with E-state index in [2.05, 4.69) is 96.9 Å². The molecule has 3 aliphatic rings. The van der Waals surface area contributed by atoms with Crippen molar-refractivity contribution in [1.29, 1.82) is 0 Å². The van der Waals surface area contributed by atoms with Crippen molar-refractivity contribution >= 4 is 49.4 Å². The van der Waals surface area contributed by atoms with Crippen LogP contribution < -0.4 is 24.4 Å². The number of carbonyl (C=O) groups excluding carboxylic acids is 1. The number of nitrogens with zero attached hydrogens (tertiary/aromatic N) is 5. The van der Waals surface area contributed by atoms with Crippen LogP contribution in [0.1, 0.15) is 117 Å². The number of aromatic nitrogens is 3. The molecule has 384 valence electrons. The van der Waals surface area contributed by atoms with Gasteiger partial charge in [0.05, 0.1) is 18.9 Å². The molecule has 1 saturated carbocycles. The molecule has 1 amide bonds. The van der Waals surface area contributed by atoms with E-state index in [1.54, 1.807) is 31.6 Å². The third kappa shape index (κ3) is 11.0. The number of hydrogen-bond acceptors (Lipinski definition) is 12. The molecule has 14 nitrogen and oxygen atoms in total. The normalized spacial score (nSPS) is 19.4. The van der Waals surface area contributed by atoms with Crippen molar-refractivity contribution in [2.24, 2.45) is 11.8 Å². The van der Waals surface area contributed by atoms with Crippen LogP contribution in [0.2, 0.25) is 0 Å². The largest absolute Gasteiger partial charge is 0.493 e. The second-order valence-electron chi connectivity index (χ2n) is 20.9. The molecule has 0 bridgehead atoms. The topological polar surface area (TPSA) is 158 Å². The Morgan fingerprint density at radius 3 is 2.48 bits per heavy atom. The number of aromatic amines is 1. The van der Waals surface area contributed by atoms with Gasteiger partial charge in [0, 0.05) is 92.8 Å². The summed E-state index contributed by atoms with van der Waals surface area (Å²) in [5.74, 6) is 3.87. The van der Waals surface area contributed by atoms with Crippen molar-refractivity contribution in [3.05, 3.63) is 131 Å². The summed E-state index contributed by atoms with van der Waals surface area (Å²) >= 11 is 0. The molecular weight excluding hydrogens is 937 g/mol. The lowest BCUT2D eigenvalue weighted by atomic mass is 9.83. The van der Waals surface area contributed by atoms with Crippen LogP contribution in [0.5, 0.6) is 17.2 Å². The van der Waals surface area contributed by atoms with Crippen LogP contribution in [-0.4, -0.2) is 91.5 Å². The van der Waals surface area contributed by atoms with E-state index in [1.165, 1.54) is 48.6 Å². The maximum atomic E-state index is 14.2. The lowest BCUT2D eigenvalue weighted by Crippen LogP contribution is -2.54. The Labute approximate surface area is 429 Å². The molecule has 0 radical (unpaired) electrons. The maximum Gasteiger partial charge on any atom is 0.268 e. The van der Waals surface area contributed by atoms with Gasteiger partial charge < -0.3 is 29.1 Å². The van der Waals surface area contributed by atoms with Crippen LogP contribution in [0.4, 0.5) is 11.5 Å². The van der Waals surface area contributed by atoms with E-state index in [9.17, 15) is 13.2 Å². The van der Waals surface area contributed by atoms with E-state index in [0.29, 0.717) is 41.5 Å². The molecule has 0 spiro atoms. The molecule has 4 aromatic heterocycles. The number of fused-ring (bicyclic) bond motifs is 2. The number of methoxy groups -OCH3 is 1. The second kappa shape index (κ2) is 21.6. The van der Waals surface area contributed by atoms with Gasteiger partial charge in [0.2, 0.25) is 0 Å². The average Bonchev–Trinajstić information content (AvgIpc) is 4.05. The minimum Gasteiger partial charge on any atom is -0.493 e. The van der Waals surface area contributed by atoms with Gasteiger partial charge >= 0.3 is 0 Å². The summed E-state index contributed by atoms with van der Waals surface area (Å²) in [6.07, 6.45) is 12.0. The molecule has 7 aromatic rings. The van der Waals surface area contributed by atoms with Gasteiger partial charge in [0.1, 0.15) is 33.6 Å². The molecular formula is C58H70N8O6S. The number of piperazine rings is 1. The molecule has 1 atom stereocenters.